The summed E-state index contributed by atoms with van der Waals surface area (Å²) in [5.41, 5.74) is 5.20. The minimum Gasteiger partial charge on any atom is -0.358 e. The molecule has 2 N–H and O–H groups in total. The van der Waals surface area contributed by atoms with Crippen LogP contribution < -0.4 is 5.32 Å². The van der Waals surface area contributed by atoms with Gasteiger partial charge in [0.05, 0.1) is 10.8 Å². The van der Waals surface area contributed by atoms with E-state index in [0.717, 1.165) is 12.0 Å². The van der Waals surface area contributed by atoms with Gasteiger partial charge in [-0.1, -0.05) is 41.1 Å². The molecule has 100 valence electrons. The Morgan fingerprint density at radius 3 is 3.16 bits per heavy atom. The number of rotatable bonds is 3. The second kappa shape index (κ2) is 5.00. The summed E-state index contributed by atoms with van der Waals surface area (Å²) in [6.07, 6.45) is 2.40. The van der Waals surface area contributed by atoms with Crippen molar-refractivity contribution in [3.8, 4) is 0 Å². The fraction of sp³-hybridized carbons (Fsp3) is 0.400. The lowest BCUT2D eigenvalue weighted by molar-refractivity contribution is -0.118. The molecular formula is C15H17BrN2O. The maximum atomic E-state index is 11.3. The van der Waals surface area contributed by atoms with Crippen molar-refractivity contribution in [3.05, 3.63) is 35.0 Å². The van der Waals surface area contributed by atoms with Crippen molar-refractivity contribution in [2.45, 2.75) is 32.2 Å². The molecule has 0 radical (unpaired) electrons. The first-order chi connectivity index (χ1) is 9.20. The van der Waals surface area contributed by atoms with Crippen LogP contribution in [-0.4, -0.2) is 16.2 Å². The number of aromatic nitrogens is 1. The molecule has 1 aromatic carbocycles. The van der Waals surface area contributed by atoms with Gasteiger partial charge in [-0.25, -0.2) is 0 Å². The highest BCUT2D eigenvalue weighted by Gasteiger charge is 2.23. The highest BCUT2D eigenvalue weighted by Crippen LogP contribution is 2.37. The molecule has 2 aromatic rings. The van der Waals surface area contributed by atoms with Crippen LogP contribution >= 0.6 is 15.9 Å². The van der Waals surface area contributed by atoms with Crippen LogP contribution in [0.1, 0.15) is 36.1 Å². The van der Waals surface area contributed by atoms with E-state index in [2.05, 4.69) is 51.4 Å². The number of aryl methyl sites for hydroxylation is 1. The molecule has 1 amide bonds. The molecule has 1 aliphatic rings. The molecule has 1 heterocycles. The Labute approximate surface area is 120 Å². The van der Waals surface area contributed by atoms with Gasteiger partial charge in [0.15, 0.2) is 0 Å². The van der Waals surface area contributed by atoms with Gasteiger partial charge in [0.25, 0.3) is 0 Å². The maximum Gasteiger partial charge on any atom is 0.230 e. The largest absolute Gasteiger partial charge is 0.358 e. The molecule has 0 spiro atoms. The van der Waals surface area contributed by atoms with Crippen molar-refractivity contribution in [3.63, 3.8) is 0 Å². The highest BCUT2D eigenvalue weighted by atomic mass is 79.9. The van der Waals surface area contributed by atoms with Crippen molar-refractivity contribution in [1.82, 2.24) is 10.3 Å². The second-order valence-electron chi connectivity index (χ2n) is 5.21. The summed E-state index contributed by atoms with van der Waals surface area (Å²) in [6, 6.07) is 6.33. The maximum absolute atomic E-state index is 11.3. The zero-order valence-corrected chi connectivity index (χ0v) is 12.5. The summed E-state index contributed by atoms with van der Waals surface area (Å²) in [4.78, 5) is 14.9. The number of hydrogen-bond donors (Lipinski definition) is 2. The third-order valence-corrected chi connectivity index (χ3v) is 4.49. The number of fused-ring (bicyclic) bond motifs is 3. The number of hydrogen-bond acceptors (Lipinski definition) is 1. The first-order valence-electron chi connectivity index (χ1n) is 6.65. The predicted octanol–water partition coefficient (Wildman–Crippen LogP) is 3.23. The van der Waals surface area contributed by atoms with E-state index in [1.54, 1.807) is 0 Å². The molecule has 4 heteroatoms. The van der Waals surface area contributed by atoms with Gasteiger partial charge in [-0.3, -0.25) is 4.79 Å². The van der Waals surface area contributed by atoms with E-state index in [1.807, 2.05) is 0 Å². The Balaban J connectivity index is 1.98. The Kier molecular flexibility index (Phi) is 3.35. The van der Waals surface area contributed by atoms with Crippen molar-refractivity contribution < 1.29 is 4.79 Å². The van der Waals surface area contributed by atoms with Gasteiger partial charge in [-0.2, -0.15) is 0 Å². The predicted molar refractivity (Wildman–Crippen MR) is 80.7 cm³/mol. The van der Waals surface area contributed by atoms with Crippen LogP contribution in [0.3, 0.4) is 0 Å². The quantitative estimate of drug-likeness (QED) is 0.838. The zero-order chi connectivity index (χ0) is 13.4. The average molecular weight is 321 g/mol. The van der Waals surface area contributed by atoms with Crippen molar-refractivity contribution >= 4 is 32.7 Å². The number of para-hydroxylation sites is 1. The molecule has 0 fully saturated rings. The van der Waals surface area contributed by atoms with E-state index in [1.165, 1.54) is 28.6 Å². The fourth-order valence-corrected chi connectivity index (χ4v) is 3.14. The van der Waals surface area contributed by atoms with Crippen LogP contribution in [0, 0.1) is 0 Å². The standard InChI is InChI=1S/C15H17BrN2O/c1-9-5-6-12-11-4-2-3-10(8-17-13(19)7-16)15(11)18-14(9)12/h2-4,9,18H,5-8H2,1H3,(H,17,19). The number of halogens is 1. The zero-order valence-electron chi connectivity index (χ0n) is 10.9. The van der Waals surface area contributed by atoms with Crippen LogP contribution in [0.15, 0.2) is 18.2 Å². The van der Waals surface area contributed by atoms with Crippen molar-refractivity contribution in [2.75, 3.05) is 5.33 Å². The summed E-state index contributed by atoms with van der Waals surface area (Å²) in [5.74, 6) is 0.636. The number of aromatic amines is 1. The number of carbonyl (C=O) groups is 1. The average Bonchev–Trinajstić information content (AvgIpc) is 2.97. The second-order valence-corrected chi connectivity index (χ2v) is 5.77. The number of benzene rings is 1. The number of amides is 1. The summed E-state index contributed by atoms with van der Waals surface area (Å²) in [5, 5.41) is 4.58. The minimum absolute atomic E-state index is 0.0180. The first-order valence-corrected chi connectivity index (χ1v) is 7.78. The van der Waals surface area contributed by atoms with Crippen molar-refractivity contribution in [1.29, 1.82) is 0 Å². The van der Waals surface area contributed by atoms with E-state index in [9.17, 15) is 4.79 Å². The smallest absolute Gasteiger partial charge is 0.230 e. The topological polar surface area (TPSA) is 44.9 Å². The van der Waals surface area contributed by atoms with Gasteiger partial charge >= 0.3 is 0 Å². The Bertz CT molecular complexity index is 632. The third kappa shape index (κ3) is 2.18. The molecule has 0 saturated heterocycles. The molecule has 1 unspecified atom stereocenters. The van der Waals surface area contributed by atoms with E-state index < -0.39 is 0 Å². The van der Waals surface area contributed by atoms with Gasteiger partial charge in [0.2, 0.25) is 5.91 Å². The molecular weight excluding hydrogens is 304 g/mol. The van der Waals surface area contributed by atoms with Gasteiger partial charge < -0.3 is 10.3 Å². The van der Waals surface area contributed by atoms with E-state index in [4.69, 9.17) is 0 Å². The SMILES string of the molecule is CC1CCc2c1[nH]c1c(CNC(=O)CBr)cccc21. The van der Waals surface area contributed by atoms with Gasteiger partial charge in [0.1, 0.15) is 0 Å². The lowest BCUT2D eigenvalue weighted by Gasteiger charge is -2.06. The molecule has 1 atom stereocenters. The van der Waals surface area contributed by atoms with E-state index in [-0.39, 0.29) is 5.91 Å². The first kappa shape index (κ1) is 12.7. The van der Waals surface area contributed by atoms with E-state index in [0.29, 0.717) is 17.8 Å². The van der Waals surface area contributed by atoms with Crippen molar-refractivity contribution in [2.24, 2.45) is 0 Å². The summed E-state index contributed by atoms with van der Waals surface area (Å²) in [7, 11) is 0. The molecule has 0 bridgehead atoms. The number of H-pyrrole nitrogens is 1. The molecule has 1 aliphatic carbocycles. The van der Waals surface area contributed by atoms with E-state index >= 15 is 0 Å². The number of alkyl halides is 1. The van der Waals surface area contributed by atoms with Gasteiger partial charge in [0, 0.05) is 17.6 Å². The lowest BCUT2D eigenvalue weighted by atomic mass is 10.1. The molecule has 3 rings (SSSR count). The van der Waals surface area contributed by atoms with Gasteiger partial charge in [-0.15, -0.1) is 0 Å². The third-order valence-electron chi connectivity index (χ3n) is 3.98. The normalized spacial score (nSPS) is 17.7. The van der Waals surface area contributed by atoms with Crippen LogP contribution in [0.5, 0.6) is 0 Å². The van der Waals surface area contributed by atoms with Crippen LogP contribution in [-0.2, 0) is 17.8 Å². The Morgan fingerprint density at radius 1 is 1.53 bits per heavy atom. The molecule has 1 aromatic heterocycles. The van der Waals surface area contributed by atoms with Crippen LogP contribution in [0.4, 0.5) is 0 Å². The number of nitrogens with one attached hydrogen (secondary N) is 2. The molecule has 0 aliphatic heterocycles. The summed E-state index contributed by atoms with van der Waals surface area (Å²) >= 11 is 3.16. The van der Waals surface area contributed by atoms with Crippen LogP contribution in [0.2, 0.25) is 0 Å². The molecule has 0 saturated carbocycles. The number of carbonyl (C=O) groups excluding carboxylic acids is 1. The van der Waals surface area contributed by atoms with Crippen LogP contribution in [0.25, 0.3) is 10.9 Å². The Hall–Kier alpha value is -1.29. The highest BCUT2D eigenvalue weighted by molar-refractivity contribution is 9.09. The summed E-state index contributed by atoms with van der Waals surface area (Å²) in [6.45, 7) is 2.85. The molecule has 3 nitrogen and oxygen atoms in total. The summed E-state index contributed by atoms with van der Waals surface area (Å²) < 4.78 is 0. The van der Waals surface area contributed by atoms with Gasteiger partial charge in [-0.05, 0) is 29.9 Å². The fourth-order valence-electron chi connectivity index (χ4n) is 2.94. The minimum atomic E-state index is 0.0180. The monoisotopic (exact) mass is 320 g/mol. The Morgan fingerprint density at radius 2 is 2.37 bits per heavy atom. The lowest BCUT2D eigenvalue weighted by Crippen LogP contribution is -2.23. The molecule has 19 heavy (non-hydrogen) atoms.